The number of nitrogens with zero attached hydrogens (tertiary/aromatic N) is 3. The van der Waals surface area contributed by atoms with E-state index in [1.165, 1.54) is 0 Å². The Kier molecular flexibility index (Phi) is 2.83. The molecule has 5 heteroatoms. The van der Waals surface area contributed by atoms with Gasteiger partial charge in [0.05, 0.1) is 17.8 Å². The highest BCUT2D eigenvalue weighted by atomic mass is 32.1. The summed E-state index contributed by atoms with van der Waals surface area (Å²) in [7, 11) is 1.87. The van der Waals surface area contributed by atoms with Crippen LogP contribution in [-0.2, 0) is 13.5 Å². The Morgan fingerprint density at radius 2 is 2.33 bits per heavy atom. The summed E-state index contributed by atoms with van der Waals surface area (Å²) in [5.74, 6) is 0. The van der Waals surface area contributed by atoms with Gasteiger partial charge in [-0.1, -0.05) is 0 Å². The summed E-state index contributed by atoms with van der Waals surface area (Å²) < 4.78 is 1.77. The van der Waals surface area contributed by atoms with Gasteiger partial charge in [-0.25, -0.2) is 0 Å². The van der Waals surface area contributed by atoms with Crippen molar-refractivity contribution in [2.24, 2.45) is 7.05 Å². The zero-order valence-corrected chi connectivity index (χ0v) is 9.53. The first-order chi connectivity index (χ1) is 7.18. The number of hydrogen-bond acceptors (Lipinski definition) is 4. The third-order valence-electron chi connectivity index (χ3n) is 2.51. The summed E-state index contributed by atoms with van der Waals surface area (Å²) in [6.45, 7) is 1.96. The minimum Gasteiger partial charge on any atom is -0.388 e. The molecule has 0 spiro atoms. The fourth-order valence-corrected chi connectivity index (χ4v) is 2.12. The molecule has 2 heterocycles. The van der Waals surface area contributed by atoms with Crippen molar-refractivity contribution >= 4 is 11.3 Å². The number of aryl methyl sites for hydroxylation is 1. The molecule has 4 nitrogen and oxygen atoms in total. The van der Waals surface area contributed by atoms with Gasteiger partial charge in [-0.2, -0.15) is 5.10 Å². The van der Waals surface area contributed by atoms with E-state index in [-0.39, 0.29) is 0 Å². The van der Waals surface area contributed by atoms with E-state index in [0.717, 1.165) is 16.1 Å². The Morgan fingerprint density at radius 1 is 1.53 bits per heavy atom. The van der Waals surface area contributed by atoms with Crippen LogP contribution in [0.2, 0.25) is 0 Å². The first kappa shape index (κ1) is 10.3. The SMILES string of the molecule is Cc1c(C(O)Cc2cncs2)cnn1C. The molecule has 2 aromatic heterocycles. The lowest BCUT2D eigenvalue weighted by Gasteiger charge is -2.08. The van der Waals surface area contributed by atoms with Crippen molar-refractivity contribution < 1.29 is 5.11 Å². The number of thiazole rings is 1. The van der Waals surface area contributed by atoms with Crippen LogP contribution >= 0.6 is 11.3 Å². The van der Waals surface area contributed by atoms with E-state index >= 15 is 0 Å². The Bertz CT molecular complexity index is 435. The molecule has 2 rings (SSSR count). The highest BCUT2D eigenvalue weighted by Crippen LogP contribution is 2.22. The molecule has 0 fully saturated rings. The molecular formula is C10H13N3OS. The highest BCUT2D eigenvalue weighted by molar-refractivity contribution is 7.09. The van der Waals surface area contributed by atoms with Gasteiger partial charge < -0.3 is 5.11 Å². The molecule has 0 amide bonds. The topological polar surface area (TPSA) is 50.9 Å². The van der Waals surface area contributed by atoms with E-state index in [1.807, 2.05) is 14.0 Å². The van der Waals surface area contributed by atoms with Crippen molar-refractivity contribution in [1.82, 2.24) is 14.8 Å². The van der Waals surface area contributed by atoms with Crippen LogP contribution in [0, 0.1) is 6.92 Å². The van der Waals surface area contributed by atoms with Crippen LogP contribution in [0.15, 0.2) is 17.9 Å². The summed E-state index contributed by atoms with van der Waals surface area (Å²) in [5.41, 5.74) is 3.68. The van der Waals surface area contributed by atoms with Crippen LogP contribution < -0.4 is 0 Å². The number of aliphatic hydroxyl groups is 1. The Morgan fingerprint density at radius 3 is 2.87 bits per heavy atom. The maximum absolute atomic E-state index is 10.0. The van der Waals surface area contributed by atoms with Crippen molar-refractivity contribution in [2.75, 3.05) is 0 Å². The molecule has 0 aliphatic rings. The van der Waals surface area contributed by atoms with Gasteiger partial charge in [0.1, 0.15) is 0 Å². The van der Waals surface area contributed by atoms with Crippen LogP contribution in [0.4, 0.5) is 0 Å². The summed E-state index contributed by atoms with van der Waals surface area (Å²) in [4.78, 5) is 5.07. The standard InChI is InChI=1S/C10H13N3OS/c1-7-9(5-12-13(7)2)10(14)3-8-4-11-6-15-8/h4-6,10,14H,3H2,1-2H3. The van der Waals surface area contributed by atoms with Crippen LogP contribution in [0.25, 0.3) is 0 Å². The predicted molar refractivity (Wildman–Crippen MR) is 58.7 cm³/mol. The summed E-state index contributed by atoms with van der Waals surface area (Å²) >= 11 is 1.56. The van der Waals surface area contributed by atoms with E-state index in [4.69, 9.17) is 0 Å². The Balaban J connectivity index is 2.14. The fraction of sp³-hybridized carbons (Fsp3) is 0.400. The minimum absolute atomic E-state index is 0.487. The molecule has 1 N–H and O–H groups in total. The molecule has 0 aromatic carbocycles. The molecule has 0 saturated heterocycles. The second-order valence-electron chi connectivity index (χ2n) is 3.50. The monoisotopic (exact) mass is 223 g/mol. The Hall–Kier alpha value is -1.20. The van der Waals surface area contributed by atoms with Crippen LogP contribution in [0.1, 0.15) is 22.2 Å². The average Bonchev–Trinajstić information content (AvgIpc) is 2.79. The molecule has 80 valence electrons. The van der Waals surface area contributed by atoms with Crippen molar-refractivity contribution in [3.63, 3.8) is 0 Å². The smallest absolute Gasteiger partial charge is 0.0871 e. The van der Waals surface area contributed by atoms with E-state index in [0.29, 0.717) is 6.42 Å². The van der Waals surface area contributed by atoms with E-state index in [1.54, 1.807) is 33.9 Å². The highest BCUT2D eigenvalue weighted by Gasteiger charge is 2.14. The lowest BCUT2D eigenvalue weighted by molar-refractivity contribution is 0.178. The van der Waals surface area contributed by atoms with Gasteiger partial charge in [0.2, 0.25) is 0 Å². The first-order valence-corrected chi connectivity index (χ1v) is 5.60. The second kappa shape index (κ2) is 4.12. The number of rotatable bonds is 3. The maximum atomic E-state index is 10.0. The maximum Gasteiger partial charge on any atom is 0.0871 e. The van der Waals surface area contributed by atoms with Gasteiger partial charge in [-0.3, -0.25) is 9.67 Å². The lowest BCUT2D eigenvalue weighted by atomic mass is 10.1. The summed E-state index contributed by atoms with van der Waals surface area (Å²) in [5, 5.41) is 14.1. The number of hydrogen-bond donors (Lipinski definition) is 1. The zero-order chi connectivity index (χ0) is 10.8. The van der Waals surface area contributed by atoms with Gasteiger partial charge in [-0.15, -0.1) is 11.3 Å². The minimum atomic E-state index is -0.487. The summed E-state index contributed by atoms with van der Waals surface area (Å²) in [6.07, 6.45) is 3.64. The third-order valence-corrected chi connectivity index (χ3v) is 3.31. The van der Waals surface area contributed by atoms with E-state index in [2.05, 4.69) is 10.1 Å². The molecule has 2 aromatic rings. The molecule has 0 saturated carbocycles. The van der Waals surface area contributed by atoms with Gasteiger partial charge in [0.15, 0.2) is 0 Å². The molecule has 1 unspecified atom stereocenters. The van der Waals surface area contributed by atoms with Crippen LogP contribution in [0.5, 0.6) is 0 Å². The predicted octanol–water partition coefficient (Wildman–Crippen LogP) is 1.46. The molecule has 0 bridgehead atoms. The molecular weight excluding hydrogens is 210 g/mol. The number of aromatic nitrogens is 3. The zero-order valence-electron chi connectivity index (χ0n) is 8.71. The van der Waals surface area contributed by atoms with E-state index < -0.39 is 6.10 Å². The normalized spacial score (nSPS) is 13.0. The van der Waals surface area contributed by atoms with Crippen LogP contribution in [-0.4, -0.2) is 19.9 Å². The van der Waals surface area contributed by atoms with Crippen molar-refractivity contribution in [2.45, 2.75) is 19.4 Å². The molecule has 0 radical (unpaired) electrons. The molecule has 15 heavy (non-hydrogen) atoms. The van der Waals surface area contributed by atoms with Gasteiger partial charge in [0.25, 0.3) is 0 Å². The third kappa shape index (κ3) is 2.08. The summed E-state index contributed by atoms with van der Waals surface area (Å²) in [6, 6.07) is 0. The lowest BCUT2D eigenvalue weighted by Crippen LogP contribution is -2.02. The van der Waals surface area contributed by atoms with Crippen LogP contribution in [0.3, 0.4) is 0 Å². The van der Waals surface area contributed by atoms with E-state index in [9.17, 15) is 5.11 Å². The largest absolute Gasteiger partial charge is 0.388 e. The first-order valence-electron chi connectivity index (χ1n) is 4.72. The molecule has 1 atom stereocenters. The fourth-order valence-electron chi connectivity index (χ4n) is 1.49. The van der Waals surface area contributed by atoms with Gasteiger partial charge >= 0.3 is 0 Å². The van der Waals surface area contributed by atoms with Gasteiger partial charge in [-0.05, 0) is 6.92 Å². The van der Waals surface area contributed by atoms with Crippen molar-refractivity contribution in [3.05, 3.63) is 34.0 Å². The molecule has 0 aliphatic heterocycles. The average molecular weight is 223 g/mol. The van der Waals surface area contributed by atoms with Crippen molar-refractivity contribution in [3.8, 4) is 0 Å². The quantitative estimate of drug-likeness (QED) is 0.857. The van der Waals surface area contributed by atoms with Gasteiger partial charge in [0, 0.05) is 35.8 Å². The Labute approximate surface area is 92.2 Å². The number of aliphatic hydroxyl groups excluding tert-OH is 1. The molecule has 0 aliphatic carbocycles. The van der Waals surface area contributed by atoms with Crippen molar-refractivity contribution in [1.29, 1.82) is 0 Å². The second-order valence-corrected chi connectivity index (χ2v) is 4.47.